The van der Waals surface area contributed by atoms with Crippen molar-refractivity contribution in [3.63, 3.8) is 0 Å². The third-order valence-corrected chi connectivity index (χ3v) is 13.4. The molecule has 3 unspecified atom stereocenters. The topological polar surface area (TPSA) is 95.9 Å². The third kappa shape index (κ3) is 50.0. The molecule has 6 nitrogen and oxygen atoms in total. The highest BCUT2D eigenvalue weighted by molar-refractivity contribution is 5.77. The number of amides is 1. The van der Waals surface area contributed by atoms with Gasteiger partial charge in [-0.15, -0.1) is 0 Å². The number of hydrogen-bond donors (Lipinski definition) is 3. The van der Waals surface area contributed by atoms with Gasteiger partial charge < -0.3 is 20.3 Å². The molecule has 0 rings (SSSR count). The molecule has 0 aromatic carbocycles. The summed E-state index contributed by atoms with van der Waals surface area (Å²) in [6.07, 6.45) is 70.2. The van der Waals surface area contributed by atoms with Crippen LogP contribution < -0.4 is 5.32 Å². The lowest BCUT2D eigenvalue weighted by Gasteiger charge is -2.24. The van der Waals surface area contributed by atoms with Crippen LogP contribution in [0, 0.1) is 0 Å². The number of nitrogens with one attached hydrogen (secondary N) is 1. The molecule has 68 heavy (non-hydrogen) atoms. The first-order valence-electron chi connectivity index (χ1n) is 29.5. The molecule has 0 saturated carbocycles. The summed E-state index contributed by atoms with van der Waals surface area (Å²) < 4.78 is 5.90. The van der Waals surface area contributed by atoms with Crippen LogP contribution in [0.3, 0.4) is 0 Å². The standard InChI is InChI=1S/C62H113NO5/c1-4-7-10-13-16-19-22-25-28-30-31-34-37-40-43-46-49-52-55-62(67)68-58(53-50-47-44-41-38-35-32-27-24-21-18-15-12-9-6-3)56-61(66)63-59(57-64)60(65)54-51-48-45-42-39-36-33-29-26-23-20-17-14-11-8-5-2/h9,12,18,21,27,32,38,41,47,50,58-60,64-65H,4-8,10-11,13-17,19-20,22-26,28-31,33-37,39-40,42-46,48-49,51-57H2,1-3H3,(H,63,66)/b12-9-,21-18-,32-27-,41-38-,50-47-. The van der Waals surface area contributed by atoms with Crippen molar-refractivity contribution in [1.29, 1.82) is 0 Å². The molecule has 396 valence electrons. The molecule has 0 aromatic rings. The van der Waals surface area contributed by atoms with Gasteiger partial charge in [-0.05, 0) is 44.9 Å². The number of aliphatic hydroxyl groups excluding tert-OH is 2. The summed E-state index contributed by atoms with van der Waals surface area (Å²) in [5, 5.41) is 23.9. The summed E-state index contributed by atoms with van der Waals surface area (Å²) in [5.74, 6) is -0.567. The Morgan fingerprint density at radius 3 is 1.12 bits per heavy atom. The molecule has 0 fully saturated rings. The van der Waals surface area contributed by atoms with Crippen LogP contribution in [-0.4, -0.2) is 46.9 Å². The van der Waals surface area contributed by atoms with Crippen molar-refractivity contribution in [1.82, 2.24) is 5.32 Å². The largest absolute Gasteiger partial charge is 0.461 e. The predicted molar refractivity (Wildman–Crippen MR) is 296 cm³/mol. The molecule has 0 radical (unpaired) electrons. The van der Waals surface area contributed by atoms with Gasteiger partial charge in [0.1, 0.15) is 6.10 Å². The number of carbonyl (C=O) groups excluding carboxylic acids is 2. The Bertz CT molecular complexity index is 1210. The van der Waals surface area contributed by atoms with Gasteiger partial charge in [-0.3, -0.25) is 9.59 Å². The summed E-state index contributed by atoms with van der Waals surface area (Å²) in [6, 6.07) is -0.733. The van der Waals surface area contributed by atoms with Crippen LogP contribution in [0.1, 0.15) is 297 Å². The van der Waals surface area contributed by atoms with Crippen LogP contribution in [0.5, 0.6) is 0 Å². The molecule has 0 aliphatic heterocycles. The molecule has 0 bridgehead atoms. The molecule has 3 N–H and O–H groups in total. The lowest BCUT2D eigenvalue weighted by Crippen LogP contribution is -2.46. The van der Waals surface area contributed by atoms with Crippen molar-refractivity contribution in [3.05, 3.63) is 60.8 Å². The van der Waals surface area contributed by atoms with Crippen molar-refractivity contribution in [2.24, 2.45) is 0 Å². The molecular weight excluding hydrogens is 839 g/mol. The van der Waals surface area contributed by atoms with E-state index in [1.165, 1.54) is 180 Å². The maximum Gasteiger partial charge on any atom is 0.306 e. The average molecular weight is 953 g/mol. The fraction of sp³-hybridized carbons (Fsp3) is 0.806. The number of unbranched alkanes of at least 4 members (excludes halogenated alkanes) is 32. The van der Waals surface area contributed by atoms with Gasteiger partial charge in [0, 0.05) is 12.8 Å². The second-order valence-corrected chi connectivity index (χ2v) is 20.0. The highest BCUT2D eigenvalue weighted by atomic mass is 16.5. The minimum absolute atomic E-state index is 0.00143. The average Bonchev–Trinajstić information content (AvgIpc) is 3.33. The summed E-state index contributed by atoms with van der Waals surface area (Å²) in [4.78, 5) is 26.3. The van der Waals surface area contributed by atoms with E-state index in [2.05, 4.69) is 80.8 Å². The van der Waals surface area contributed by atoms with E-state index < -0.39 is 18.2 Å². The van der Waals surface area contributed by atoms with E-state index >= 15 is 0 Å². The first-order chi connectivity index (χ1) is 33.5. The number of rotatable bonds is 53. The highest BCUT2D eigenvalue weighted by Gasteiger charge is 2.23. The van der Waals surface area contributed by atoms with Gasteiger partial charge in [0.05, 0.1) is 25.2 Å². The Balaban J connectivity index is 4.61. The maximum absolute atomic E-state index is 13.3. The number of hydrogen-bond acceptors (Lipinski definition) is 5. The summed E-state index contributed by atoms with van der Waals surface area (Å²) in [5.41, 5.74) is 0. The third-order valence-electron chi connectivity index (χ3n) is 13.4. The SMILES string of the molecule is CC/C=C\C/C=C\C/C=C\C/C=C\C/C=C\CC(CC(=O)NC(CO)C(O)CCCCCCCCCCCCCCCCCC)OC(=O)CCCCCCCCCCCCCCCCCCCC. The normalized spacial score (nSPS) is 13.5. The minimum atomic E-state index is -0.813. The lowest BCUT2D eigenvalue weighted by molar-refractivity contribution is -0.150. The van der Waals surface area contributed by atoms with E-state index in [0.29, 0.717) is 19.3 Å². The number of allylic oxidation sites excluding steroid dienone is 9. The van der Waals surface area contributed by atoms with E-state index in [0.717, 1.165) is 70.6 Å². The molecule has 1 amide bonds. The van der Waals surface area contributed by atoms with E-state index in [1.807, 2.05) is 6.08 Å². The monoisotopic (exact) mass is 952 g/mol. The molecule has 6 heteroatoms. The molecule has 3 atom stereocenters. The van der Waals surface area contributed by atoms with Gasteiger partial charge in [-0.1, -0.05) is 293 Å². The number of aliphatic hydroxyl groups is 2. The van der Waals surface area contributed by atoms with Gasteiger partial charge in [0.25, 0.3) is 0 Å². The van der Waals surface area contributed by atoms with Crippen LogP contribution in [0.4, 0.5) is 0 Å². The van der Waals surface area contributed by atoms with Crippen molar-refractivity contribution in [2.75, 3.05) is 6.61 Å². The molecule has 0 saturated heterocycles. The maximum atomic E-state index is 13.3. The number of esters is 1. The molecule has 0 aliphatic carbocycles. The Kier molecular flexibility index (Phi) is 53.5. The Labute approximate surface area is 422 Å². The number of ether oxygens (including phenoxy) is 1. The van der Waals surface area contributed by atoms with Gasteiger partial charge >= 0.3 is 5.97 Å². The Morgan fingerprint density at radius 1 is 0.441 bits per heavy atom. The smallest absolute Gasteiger partial charge is 0.306 e. The first kappa shape index (κ1) is 65.6. The molecular formula is C62H113NO5. The van der Waals surface area contributed by atoms with Crippen LogP contribution in [0.25, 0.3) is 0 Å². The predicted octanol–water partition coefficient (Wildman–Crippen LogP) is 18.4. The van der Waals surface area contributed by atoms with E-state index in [-0.39, 0.29) is 24.9 Å². The van der Waals surface area contributed by atoms with Crippen LogP contribution in [0.2, 0.25) is 0 Å². The summed E-state index contributed by atoms with van der Waals surface area (Å²) >= 11 is 0. The van der Waals surface area contributed by atoms with E-state index in [1.54, 1.807) is 0 Å². The van der Waals surface area contributed by atoms with Crippen molar-refractivity contribution in [3.8, 4) is 0 Å². The Morgan fingerprint density at radius 2 is 0.765 bits per heavy atom. The summed E-state index contributed by atoms with van der Waals surface area (Å²) in [6.45, 7) is 6.38. The Hall–Kier alpha value is -2.44. The molecule has 0 spiro atoms. The lowest BCUT2D eigenvalue weighted by atomic mass is 10.0. The number of carbonyl (C=O) groups is 2. The zero-order valence-electron chi connectivity index (χ0n) is 45.2. The van der Waals surface area contributed by atoms with Crippen LogP contribution >= 0.6 is 0 Å². The quantitative estimate of drug-likeness (QED) is 0.0321. The van der Waals surface area contributed by atoms with Crippen molar-refractivity contribution >= 4 is 11.9 Å². The molecule has 0 heterocycles. The van der Waals surface area contributed by atoms with Gasteiger partial charge in [0.2, 0.25) is 5.91 Å². The van der Waals surface area contributed by atoms with Gasteiger partial charge in [-0.2, -0.15) is 0 Å². The zero-order valence-corrected chi connectivity index (χ0v) is 45.2. The van der Waals surface area contributed by atoms with Gasteiger partial charge in [0.15, 0.2) is 0 Å². The summed E-state index contributed by atoms with van der Waals surface area (Å²) in [7, 11) is 0. The van der Waals surface area contributed by atoms with Crippen molar-refractivity contribution in [2.45, 2.75) is 315 Å². The van der Waals surface area contributed by atoms with Crippen LogP contribution in [0.15, 0.2) is 60.8 Å². The highest BCUT2D eigenvalue weighted by Crippen LogP contribution is 2.18. The van der Waals surface area contributed by atoms with E-state index in [9.17, 15) is 19.8 Å². The molecule has 0 aliphatic rings. The van der Waals surface area contributed by atoms with E-state index in [4.69, 9.17) is 4.74 Å². The molecule has 0 aromatic heterocycles. The first-order valence-corrected chi connectivity index (χ1v) is 29.5. The van der Waals surface area contributed by atoms with Gasteiger partial charge in [-0.25, -0.2) is 0 Å². The fourth-order valence-electron chi connectivity index (χ4n) is 8.93. The zero-order chi connectivity index (χ0) is 49.5. The minimum Gasteiger partial charge on any atom is -0.461 e. The second-order valence-electron chi connectivity index (χ2n) is 20.0. The van der Waals surface area contributed by atoms with Crippen LogP contribution in [-0.2, 0) is 14.3 Å². The van der Waals surface area contributed by atoms with Crippen molar-refractivity contribution < 1.29 is 24.5 Å². The second kappa shape index (κ2) is 55.5. The fourth-order valence-corrected chi connectivity index (χ4v) is 8.93.